The number of hydrogen-bond acceptors (Lipinski definition) is 3. The zero-order valence-corrected chi connectivity index (χ0v) is 12.0. The molecule has 1 aliphatic rings. The van der Waals surface area contributed by atoms with Gasteiger partial charge >= 0.3 is 0 Å². The lowest BCUT2D eigenvalue weighted by molar-refractivity contribution is 0.266. The van der Waals surface area contributed by atoms with E-state index in [4.69, 9.17) is 0 Å². The average Bonchev–Trinajstić information content (AvgIpc) is 2.76. The smallest absolute Gasteiger partial charge is 0.0798 e. The van der Waals surface area contributed by atoms with Crippen LogP contribution in [0.25, 0.3) is 0 Å². The van der Waals surface area contributed by atoms with Gasteiger partial charge in [-0.1, -0.05) is 26.2 Å². The van der Waals surface area contributed by atoms with E-state index in [-0.39, 0.29) is 0 Å². The van der Waals surface area contributed by atoms with E-state index in [2.05, 4.69) is 31.1 Å². The molecule has 0 amide bonds. The molecule has 1 aromatic rings. The van der Waals surface area contributed by atoms with Crippen molar-refractivity contribution in [1.82, 2.24) is 10.3 Å². The molecule has 3 atom stereocenters. The topological polar surface area (TPSA) is 24.9 Å². The Labute approximate surface area is 109 Å². The largest absolute Gasteiger partial charge is 0.307 e. The highest BCUT2D eigenvalue weighted by molar-refractivity contribution is 7.09. The van der Waals surface area contributed by atoms with Gasteiger partial charge in [0.25, 0.3) is 0 Å². The predicted octanol–water partition coefficient (Wildman–Crippen LogP) is 4.07. The van der Waals surface area contributed by atoms with Gasteiger partial charge < -0.3 is 5.32 Å². The molecule has 96 valence electrons. The summed E-state index contributed by atoms with van der Waals surface area (Å²) in [6, 6.07) is 1.17. The highest BCUT2D eigenvalue weighted by Crippen LogP contribution is 2.29. The minimum absolute atomic E-state index is 0.461. The number of nitrogens with zero attached hydrogens (tertiary/aromatic N) is 1. The van der Waals surface area contributed by atoms with Crippen LogP contribution < -0.4 is 5.32 Å². The average molecular weight is 252 g/mol. The Morgan fingerprint density at radius 2 is 2.35 bits per heavy atom. The van der Waals surface area contributed by atoms with Crippen molar-refractivity contribution in [3.63, 3.8) is 0 Å². The number of aromatic nitrogens is 1. The molecule has 17 heavy (non-hydrogen) atoms. The molecule has 1 saturated carbocycles. The Morgan fingerprint density at radius 1 is 1.53 bits per heavy atom. The molecule has 3 heteroatoms. The van der Waals surface area contributed by atoms with Crippen LogP contribution >= 0.6 is 11.3 Å². The summed E-state index contributed by atoms with van der Waals surface area (Å²) in [5.41, 5.74) is 3.15. The number of rotatable bonds is 4. The van der Waals surface area contributed by atoms with Gasteiger partial charge in [-0.2, -0.15) is 0 Å². The van der Waals surface area contributed by atoms with E-state index < -0.39 is 0 Å². The first-order valence-electron chi connectivity index (χ1n) is 6.86. The van der Waals surface area contributed by atoms with Crippen molar-refractivity contribution in [1.29, 1.82) is 0 Å². The molecule has 1 aromatic heterocycles. The van der Waals surface area contributed by atoms with Crippen LogP contribution in [0, 0.1) is 12.8 Å². The molecule has 0 aromatic carbocycles. The lowest BCUT2D eigenvalue weighted by Crippen LogP contribution is -2.35. The lowest BCUT2D eigenvalue weighted by atomic mass is 9.84. The second kappa shape index (κ2) is 5.96. The van der Waals surface area contributed by atoms with Gasteiger partial charge in [-0.3, -0.25) is 0 Å². The molecule has 1 fully saturated rings. The summed E-state index contributed by atoms with van der Waals surface area (Å²) in [6.07, 6.45) is 6.87. The maximum absolute atomic E-state index is 4.34. The summed E-state index contributed by atoms with van der Waals surface area (Å²) in [4.78, 5) is 5.75. The molecule has 0 radical (unpaired) electrons. The monoisotopic (exact) mass is 252 g/mol. The van der Waals surface area contributed by atoms with Gasteiger partial charge in [0.1, 0.15) is 0 Å². The summed E-state index contributed by atoms with van der Waals surface area (Å²) >= 11 is 1.78. The molecule has 1 N–H and O–H groups in total. The van der Waals surface area contributed by atoms with Crippen molar-refractivity contribution >= 4 is 11.3 Å². The molecule has 2 rings (SSSR count). The molecule has 0 saturated heterocycles. The molecule has 0 bridgehead atoms. The third kappa shape index (κ3) is 3.29. The predicted molar refractivity (Wildman–Crippen MR) is 74.4 cm³/mol. The second-order valence-corrected chi connectivity index (χ2v) is 6.21. The molecule has 3 unspecified atom stereocenters. The first kappa shape index (κ1) is 13.0. The quantitative estimate of drug-likeness (QED) is 0.873. The maximum Gasteiger partial charge on any atom is 0.0798 e. The minimum Gasteiger partial charge on any atom is -0.307 e. The van der Waals surface area contributed by atoms with E-state index in [0.29, 0.717) is 12.1 Å². The van der Waals surface area contributed by atoms with Crippen LogP contribution in [0.3, 0.4) is 0 Å². The fourth-order valence-corrected chi connectivity index (χ4v) is 3.79. The Kier molecular flexibility index (Phi) is 4.57. The van der Waals surface area contributed by atoms with Crippen molar-refractivity contribution in [2.75, 3.05) is 0 Å². The fraction of sp³-hybridized carbons (Fsp3) is 0.786. The van der Waals surface area contributed by atoms with Crippen LogP contribution in [0.4, 0.5) is 0 Å². The van der Waals surface area contributed by atoms with Crippen LogP contribution in [0.5, 0.6) is 0 Å². The van der Waals surface area contributed by atoms with Gasteiger partial charge in [-0.15, -0.1) is 11.3 Å². The zero-order valence-electron chi connectivity index (χ0n) is 11.2. The highest BCUT2D eigenvalue weighted by atomic mass is 32.1. The van der Waals surface area contributed by atoms with Crippen LogP contribution in [-0.4, -0.2) is 11.0 Å². The number of thiazole rings is 1. The summed E-state index contributed by atoms with van der Waals surface area (Å²) < 4.78 is 0. The van der Waals surface area contributed by atoms with Crippen molar-refractivity contribution in [3.05, 3.63) is 16.1 Å². The third-order valence-corrected chi connectivity index (χ3v) is 5.14. The van der Waals surface area contributed by atoms with E-state index >= 15 is 0 Å². The van der Waals surface area contributed by atoms with Crippen molar-refractivity contribution < 1.29 is 0 Å². The number of aryl methyl sites for hydroxylation is 1. The third-order valence-electron chi connectivity index (χ3n) is 4.02. The van der Waals surface area contributed by atoms with Gasteiger partial charge in [0.2, 0.25) is 0 Å². The molecule has 0 spiro atoms. The standard InChI is InChI=1S/C14H24N2S/c1-4-12-6-5-7-13(8-12)16-11(3)14-10(2)15-9-17-14/h9,11-13,16H,4-8H2,1-3H3. The first-order valence-corrected chi connectivity index (χ1v) is 7.74. The van der Waals surface area contributed by atoms with Crippen LogP contribution in [0.1, 0.15) is 62.6 Å². The van der Waals surface area contributed by atoms with Crippen LogP contribution in [0.2, 0.25) is 0 Å². The minimum atomic E-state index is 0.461. The second-order valence-electron chi connectivity index (χ2n) is 5.33. The molecule has 1 aliphatic carbocycles. The Bertz CT molecular complexity index is 348. The van der Waals surface area contributed by atoms with E-state index in [1.807, 2.05) is 5.51 Å². The SMILES string of the molecule is CCC1CCCC(NC(C)c2scnc2C)C1. The van der Waals surface area contributed by atoms with Gasteiger partial charge in [-0.25, -0.2) is 4.98 Å². The first-order chi connectivity index (χ1) is 8.20. The summed E-state index contributed by atoms with van der Waals surface area (Å²) in [5.74, 6) is 0.941. The molecule has 0 aliphatic heterocycles. The molecular formula is C14H24N2S. The summed E-state index contributed by atoms with van der Waals surface area (Å²) in [6.45, 7) is 6.71. The Balaban J connectivity index is 1.90. The van der Waals surface area contributed by atoms with E-state index in [0.717, 1.165) is 5.92 Å². The van der Waals surface area contributed by atoms with Gasteiger partial charge in [0.05, 0.1) is 11.2 Å². The van der Waals surface area contributed by atoms with E-state index in [1.165, 1.54) is 42.7 Å². The van der Waals surface area contributed by atoms with E-state index in [1.54, 1.807) is 11.3 Å². The zero-order chi connectivity index (χ0) is 12.3. The maximum atomic E-state index is 4.34. The Morgan fingerprint density at radius 3 is 3.00 bits per heavy atom. The van der Waals surface area contributed by atoms with Gasteiger partial charge in [0.15, 0.2) is 0 Å². The van der Waals surface area contributed by atoms with Crippen LogP contribution in [-0.2, 0) is 0 Å². The van der Waals surface area contributed by atoms with Crippen molar-refractivity contribution in [3.8, 4) is 0 Å². The number of nitrogens with one attached hydrogen (secondary N) is 1. The molecule has 2 nitrogen and oxygen atoms in total. The lowest BCUT2D eigenvalue weighted by Gasteiger charge is -2.31. The highest BCUT2D eigenvalue weighted by Gasteiger charge is 2.23. The van der Waals surface area contributed by atoms with Crippen LogP contribution in [0.15, 0.2) is 5.51 Å². The molecular weight excluding hydrogens is 228 g/mol. The fourth-order valence-electron chi connectivity index (χ4n) is 2.97. The summed E-state index contributed by atoms with van der Waals surface area (Å²) in [7, 11) is 0. The van der Waals surface area contributed by atoms with Gasteiger partial charge in [0, 0.05) is 17.0 Å². The summed E-state index contributed by atoms with van der Waals surface area (Å²) in [5, 5.41) is 3.80. The normalized spacial score (nSPS) is 27.0. The van der Waals surface area contributed by atoms with Crippen molar-refractivity contribution in [2.45, 2.75) is 65.0 Å². The number of hydrogen-bond donors (Lipinski definition) is 1. The van der Waals surface area contributed by atoms with Gasteiger partial charge in [-0.05, 0) is 32.6 Å². The Hall–Kier alpha value is -0.410. The van der Waals surface area contributed by atoms with Crippen molar-refractivity contribution in [2.24, 2.45) is 5.92 Å². The van der Waals surface area contributed by atoms with E-state index in [9.17, 15) is 0 Å². The molecule has 1 heterocycles.